The number of carbonyl (C=O) groups excluding carboxylic acids is 2. The molecule has 1 fully saturated rings. The second-order valence-corrected chi connectivity index (χ2v) is 6.45. The van der Waals surface area contributed by atoms with Crippen LogP contribution in [0.15, 0.2) is 24.3 Å². The Morgan fingerprint density at radius 2 is 2.09 bits per heavy atom. The molecule has 1 aromatic carbocycles. The molecule has 0 amide bonds. The number of ketones is 1. The predicted molar refractivity (Wildman–Crippen MR) is 86.4 cm³/mol. The summed E-state index contributed by atoms with van der Waals surface area (Å²) in [5.74, 6) is -0.0183. The Morgan fingerprint density at radius 1 is 1.30 bits per heavy atom. The highest BCUT2D eigenvalue weighted by Gasteiger charge is 2.52. The first kappa shape index (κ1) is 16.0. The minimum Gasteiger partial charge on any atom is -0.482 e. The smallest absolute Gasteiger partial charge is 0.316 e. The van der Waals surface area contributed by atoms with Crippen molar-refractivity contribution in [1.29, 1.82) is 0 Å². The third kappa shape index (κ3) is 2.87. The monoisotopic (exact) mass is 316 g/mol. The van der Waals surface area contributed by atoms with E-state index in [1.54, 1.807) is 6.92 Å². The Labute approximate surface area is 137 Å². The molecule has 4 nitrogen and oxygen atoms in total. The molecule has 2 aliphatic rings. The van der Waals surface area contributed by atoms with Crippen molar-refractivity contribution in [3.8, 4) is 5.75 Å². The first-order valence-electron chi connectivity index (χ1n) is 8.63. The average molecular weight is 316 g/mol. The van der Waals surface area contributed by atoms with Crippen molar-refractivity contribution in [2.45, 2.75) is 51.6 Å². The molecule has 1 saturated carbocycles. The molecule has 0 saturated heterocycles. The molecule has 0 bridgehead atoms. The minimum atomic E-state index is -0.674. The summed E-state index contributed by atoms with van der Waals surface area (Å²) in [6.45, 7) is 4.23. The highest BCUT2D eigenvalue weighted by atomic mass is 16.5. The van der Waals surface area contributed by atoms with Crippen LogP contribution >= 0.6 is 0 Å². The van der Waals surface area contributed by atoms with E-state index in [4.69, 9.17) is 9.47 Å². The Bertz CT molecular complexity index is 595. The zero-order chi connectivity index (χ0) is 16.4. The van der Waals surface area contributed by atoms with E-state index in [0.29, 0.717) is 13.0 Å². The first-order chi connectivity index (χ1) is 11.2. The lowest BCUT2D eigenvalue weighted by atomic mass is 9.68. The summed E-state index contributed by atoms with van der Waals surface area (Å²) >= 11 is 0. The average Bonchev–Trinajstić information content (AvgIpc) is 2.95. The van der Waals surface area contributed by atoms with E-state index in [2.05, 4.69) is 13.0 Å². The van der Waals surface area contributed by atoms with Crippen LogP contribution in [-0.4, -0.2) is 24.5 Å². The van der Waals surface area contributed by atoms with Crippen LogP contribution < -0.4 is 4.74 Å². The van der Waals surface area contributed by atoms with Crippen LogP contribution in [0.3, 0.4) is 0 Å². The molecule has 4 atom stereocenters. The van der Waals surface area contributed by atoms with Gasteiger partial charge in [-0.25, -0.2) is 0 Å². The molecule has 1 aliphatic carbocycles. The van der Waals surface area contributed by atoms with Gasteiger partial charge in [0, 0.05) is 11.5 Å². The Kier molecular flexibility index (Phi) is 4.69. The maximum atomic E-state index is 12.8. The Hall–Kier alpha value is -1.84. The number of ether oxygens (including phenoxy) is 2. The zero-order valence-electron chi connectivity index (χ0n) is 13.8. The van der Waals surface area contributed by atoms with E-state index in [-0.39, 0.29) is 17.6 Å². The molecule has 1 aliphatic heterocycles. The number of hydrogen-bond acceptors (Lipinski definition) is 4. The van der Waals surface area contributed by atoms with Crippen LogP contribution in [0.2, 0.25) is 0 Å². The van der Waals surface area contributed by atoms with Gasteiger partial charge in [0.15, 0.2) is 11.9 Å². The van der Waals surface area contributed by atoms with E-state index >= 15 is 0 Å². The number of esters is 1. The van der Waals surface area contributed by atoms with Gasteiger partial charge in [0.1, 0.15) is 11.7 Å². The quantitative estimate of drug-likeness (QED) is 0.616. The topological polar surface area (TPSA) is 52.6 Å². The Balaban J connectivity index is 1.90. The van der Waals surface area contributed by atoms with Crippen LogP contribution in [0.4, 0.5) is 0 Å². The van der Waals surface area contributed by atoms with E-state index in [9.17, 15) is 9.59 Å². The fourth-order valence-corrected chi connectivity index (χ4v) is 3.96. The van der Waals surface area contributed by atoms with Crippen molar-refractivity contribution in [1.82, 2.24) is 0 Å². The zero-order valence-corrected chi connectivity index (χ0v) is 13.8. The number of Topliss-reactive ketones (excluding diaryl/α,β-unsaturated/α-hetero) is 1. The molecule has 4 unspecified atom stereocenters. The largest absolute Gasteiger partial charge is 0.482 e. The number of unbranched alkanes of at least 4 members (excludes halogenated alkanes) is 1. The number of hydrogen-bond donors (Lipinski definition) is 0. The summed E-state index contributed by atoms with van der Waals surface area (Å²) in [5, 5.41) is 0. The predicted octanol–water partition coefficient (Wildman–Crippen LogP) is 3.49. The molecule has 1 heterocycles. The summed E-state index contributed by atoms with van der Waals surface area (Å²) in [6, 6.07) is 7.88. The maximum absolute atomic E-state index is 12.8. The standard InChI is InChI=1S/C19H24O4/c1-3-5-8-12-11-14(19(21)22-4-2)17(20)18-16(12)13-9-6-7-10-15(13)23-18/h6-7,9-10,12,14,16,18H,3-5,8,11H2,1-2H3. The minimum absolute atomic E-state index is 0.0796. The lowest BCUT2D eigenvalue weighted by Crippen LogP contribution is -2.46. The molecule has 0 radical (unpaired) electrons. The number of para-hydroxylation sites is 1. The van der Waals surface area contributed by atoms with Gasteiger partial charge in [-0.05, 0) is 31.7 Å². The summed E-state index contributed by atoms with van der Waals surface area (Å²) in [6.07, 6.45) is 3.26. The summed E-state index contributed by atoms with van der Waals surface area (Å²) in [4.78, 5) is 25.0. The third-order valence-corrected chi connectivity index (χ3v) is 5.03. The summed E-state index contributed by atoms with van der Waals surface area (Å²) in [5.41, 5.74) is 1.12. The Morgan fingerprint density at radius 3 is 2.83 bits per heavy atom. The highest BCUT2D eigenvalue weighted by Crippen LogP contribution is 2.50. The van der Waals surface area contributed by atoms with Gasteiger partial charge in [0.25, 0.3) is 0 Å². The van der Waals surface area contributed by atoms with Crippen LogP contribution in [0.1, 0.15) is 51.0 Å². The van der Waals surface area contributed by atoms with Crippen molar-refractivity contribution < 1.29 is 19.1 Å². The number of rotatable bonds is 5. The van der Waals surface area contributed by atoms with Crippen LogP contribution in [0.25, 0.3) is 0 Å². The second kappa shape index (κ2) is 6.73. The highest BCUT2D eigenvalue weighted by molar-refractivity contribution is 6.03. The molecule has 124 valence electrons. The lowest BCUT2D eigenvalue weighted by Gasteiger charge is -2.35. The van der Waals surface area contributed by atoms with Gasteiger partial charge in [0.2, 0.25) is 0 Å². The van der Waals surface area contributed by atoms with Crippen LogP contribution in [-0.2, 0) is 14.3 Å². The lowest BCUT2D eigenvalue weighted by molar-refractivity contribution is -0.156. The molecule has 3 rings (SSSR count). The van der Waals surface area contributed by atoms with E-state index < -0.39 is 18.0 Å². The van der Waals surface area contributed by atoms with Gasteiger partial charge in [-0.15, -0.1) is 0 Å². The SMILES string of the molecule is CCCCC1CC(C(=O)OCC)C(=O)C2Oc3ccccc3C12. The third-order valence-electron chi connectivity index (χ3n) is 5.03. The molecule has 0 aromatic heterocycles. The van der Waals surface area contributed by atoms with Gasteiger partial charge in [-0.1, -0.05) is 38.0 Å². The second-order valence-electron chi connectivity index (χ2n) is 6.45. The fourth-order valence-electron chi connectivity index (χ4n) is 3.96. The first-order valence-corrected chi connectivity index (χ1v) is 8.63. The molecule has 0 spiro atoms. The molecule has 4 heteroatoms. The van der Waals surface area contributed by atoms with E-state index in [1.807, 2.05) is 18.2 Å². The van der Waals surface area contributed by atoms with Crippen molar-refractivity contribution in [2.24, 2.45) is 11.8 Å². The van der Waals surface area contributed by atoms with Crippen LogP contribution in [0.5, 0.6) is 5.75 Å². The maximum Gasteiger partial charge on any atom is 0.316 e. The summed E-state index contributed by atoms with van der Waals surface area (Å²) < 4.78 is 11.0. The molecular weight excluding hydrogens is 292 g/mol. The normalized spacial score (nSPS) is 28.7. The number of carbonyl (C=O) groups is 2. The van der Waals surface area contributed by atoms with Crippen molar-refractivity contribution >= 4 is 11.8 Å². The van der Waals surface area contributed by atoms with Crippen molar-refractivity contribution in [3.63, 3.8) is 0 Å². The van der Waals surface area contributed by atoms with Crippen LogP contribution in [0, 0.1) is 11.8 Å². The number of benzene rings is 1. The molecule has 23 heavy (non-hydrogen) atoms. The van der Waals surface area contributed by atoms with Gasteiger partial charge < -0.3 is 9.47 Å². The number of fused-ring (bicyclic) bond motifs is 3. The van der Waals surface area contributed by atoms with E-state index in [0.717, 1.165) is 30.6 Å². The van der Waals surface area contributed by atoms with Gasteiger partial charge in [-0.2, -0.15) is 0 Å². The van der Waals surface area contributed by atoms with Gasteiger partial charge >= 0.3 is 5.97 Å². The van der Waals surface area contributed by atoms with Gasteiger partial charge in [0.05, 0.1) is 6.61 Å². The van der Waals surface area contributed by atoms with Gasteiger partial charge in [-0.3, -0.25) is 9.59 Å². The fraction of sp³-hybridized carbons (Fsp3) is 0.579. The van der Waals surface area contributed by atoms with Crippen molar-refractivity contribution in [2.75, 3.05) is 6.61 Å². The molecule has 0 N–H and O–H groups in total. The molecule has 1 aromatic rings. The van der Waals surface area contributed by atoms with E-state index in [1.165, 1.54) is 0 Å². The van der Waals surface area contributed by atoms with Crippen molar-refractivity contribution in [3.05, 3.63) is 29.8 Å². The summed E-state index contributed by atoms with van der Waals surface area (Å²) in [7, 11) is 0. The molecular formula is C19H24O4.